The molecule has 0 bridgehead atoms. The van der Waals surface area contributed by atoms with E-state index in [1.807, 2.05) is 36.2 Å². The quantitative estimate of drug-likeness (QED) is 0.817. The van der Waals surface area contributed by atoms with Crippen LogP contribution in [0.3, 0.4) is 0 Å². The highest BCUT2D eigenvalue weighted by Gasteiger charge is 2.23. The van der Waals surface area contributed by atoms with Crippen molar-refractivity contribution in [2.24, 2.45) is 11.8 Å². The fourth-order valence-corrected chi connectivity index (χ4v) is 3.00. The summed E-state index contributed by atoms with van der Waals surface area (Å²) >= 11 is 0. The first-order valence-electron chi connectivity index (χ1n) is 8.72. The number of hydrogen-bond acceptors (Lipinski definition) is 3. The van der Waals surface area contributed by atoms with E-state index < -0.39 is 0 Å². The SMILES string of the molecule is CNCC1CCCN(C(=O)Cc2ccc(OCC(C)C)cc2)C1.Cl. The number of halogens is 1. The van der Waals surface area contributed by atoms with Crippen LogP contribution < -0.4 is 10.1 Å². The van der Waals surface area contributed by atoms with Crippen molar-refractivity contribution in [3.63, 3.8) is 0 Å². The fraction of sp³-hybridized carbons (Fsp3) is 0.632. The summed E-state index contributed by atoms with van der Waals surface area (Å²) < 4.78 is 5.68. The van der Waals surface area contributed by atoms with Gasteiger partial charge in [0.2, 0.25) is 5.91 Å². The number of nitrogens with zero attached hydrogens (tertiary/aromatic N) is 1. The molecule has 1 aliphatic heterocycles. The summed E-state index contributed by atoms with van der Waals surface area (Å²) in [7, 11) is 1.98. The van der Waals surface area contributed by atoms with Gasteiger partial charge in [0.15, 0.2) is 0 Å². The van der Waals surface area contributed by atoms with E-state index in [2.05, 4.69) is 19.2 Å². The Labute approximate surface area is 152 Å². The third-order valence-electron chi connectivity index (χ3n) is 4.23. The number of rotatable bonds is 7. The predicted octanol–water partition coefficient (Wildman–Crippen LogP) is 3.14. The molecule has 1 heterocycles. The van der Waals surface area contributed by atoms with Crippen LogP contribution in [0.4, 0.5) is 0 Å². The molecule has 1 aromatic rings. The fourth-order valence-electron chi connectivity index (χ4n) is 3.00. The number of benzene rings is 1. The second-order valence-corrected chi connectivity index (χ2v) is 6.93. The van der Waals surface area contributed by atoms with E-state index >= 15 is 0 Å². The summed E-state index contributed by atoms with van der Waals surface area (Å²) in [5.74, 6) is 2.22. The minimum absolute atomic E-state index is 0. The maximum atomic E-state index is 12.5. The predicted molar refractivity (Wildman–Crippen MR) is 101 cm³/mol. The highest BCUT2D eigenvalue weighted by Crippen LogP contribution is 2.18. The first-order valence-corrected chi connectivity index (χ1v) is 8.72. The number of amides is 1. The average Bonchev–Trinajstić information content (AvgIpc) is 2.55. The van der Waals surface area contributed by atoms with Crippen LogP contribution in [0, 0.1) is 11.8 Å². The molecule has 24 heavy (non-hydrogen) atoms. The minimum atomic E-state index is 0. The van der Waals surface area contributed by atoms with Crippen molar-refractivity contribution in [2.45, 2.75) is 33.1 Å². The Morgan fingerprint density at radius 3 is 2.67 bits per heavy atom. The second kappa shape index (κ2) is 10.6. The normalized spacial score (nSPS) is 17.5. The standard InChI is InChI=1S/C19H30N2O2.ClH/c1-15(2)14-23-18-8-6-16(7-9-18)11-19(22)21-10-4-5-17(13-21)12-20-3;/h6-9,15,17,20H,4-5,10-14H2,1-3H3;1H. The lowest BCUT2D eigenvalue weighted by molar-refractivity contribution is -0.132. The van der Waals surface area contributed by atoms with E-state index in [-0.39, 0.29) is 18.3 Å². The molecular formula is C19H31ClN2O2. The summed E-state index contributed by atoms with van der Waals surface area (Å²) in [4.78, 5) is 14.5. The zero-order chi connectivity index (χ0) is 16.7. The highest BCUT2D eigenvalue weighted by atomic mass is 35.5. The zero-order valence-electron chi connectivity index (χ0n) is 15.1. The molecule has 1 amide bonds. The van der Waals surface area contributed by atoms with Crippen molar-refractivity contribution >= 4 is 18.3 Å². The van der Waals surface area contributed by atoms with Gasteiger partial charge >= 0.3 is 0 Å². The lowest BCUT2D eigenvalue weighted by Crippen LogP contribution is -2.43. The van der Waals surface area contributed by atoms with Gasteiger partial charge in [-0.25, -0.2) is 0 Å². The van der Waals surface area contributed by atoms with Crippen LogP contribution in [0.15, 0.2) is 24.3 Å². The number of nitrogens with one attached hydrogen (secondary N) is 1. The number of hydrogen-bond donors (Lipinski definition) is 1. The number of likely N-dealkylation sites (tertiary alicyclic amines) is 1. The summed E-state index contributed by atoms with van der Waals surface area (Å²) in [6, 6.07) is 7.93. The maximum absolute atomic E-state index is 12.5. The lowest BCUT2D eigenvalue weighted by Gasteiger charge is -2.32. The van der Waals surface area contributed by atoms with Gasteiger partial charge in [-0.15, -0.1) is 12.4 Å². The average molecular weight is 355 g/mol. The van der Waals surface area contributed by atoms with Gasteiger partial charge in [-0.2, -0.15) is 0 Å². The van der Waals surface area contributed by atoms with Gasteiger partial charge in [-0.1, -0.05) is 26.0 Å². The zero-order valence-corrected chi connectivity index (χ0v) is 15.9. The Morgan fingerprint density at radius 2 is 2.04 bits per heavy atom. The van der Waals surface area contributed by atoms with Crippen molar-refractivity contribution in [2.75, 3.05) is 33.3 Å². The van der Waals surface area contributed by atoms with Crippen LogP contribution >= 0.6 is 12.4 Å². The van der Waals surface area contributed by atoms with Crippen molar-refractivity contribution in [1.82, 2.24) is 10.2 Å². The van der Waals surface area contributed by atoms with E-state index in [0.717, 1.165) is 44.0 Å². The molecule has 1 N–H and O–H groups in total. The number of ether oxygens (including phenoxy) is 1. The van der Waals surface area contributed by atoms with E-state index in [4.69, 9.17) is 4.74 Å². The molecule has 0 radical (unpaired) electrons. The first-order chi connectivity index (χ1) is 11.1. The van der Waals surface area contributed by atoms with E-state index in [1.54, 1.807) is 0 Å². The van der Waals surface area contributed by atoms with Gasteiger partial charge < -0.3 is 15.0 Å². The van der Waals surface area contributed by atoms with Crippen molar-refractivity contribution in [1.29, 1.82) is 0 Å². The summed E-state index contributed by atoms with van der Waals surface area (Å²) in [6.45, 7) is 7.76. The third-order valence-corrected chi connectivity index (χ3v) is 4.23. The molecule has 136 valence electrons. The van der Waals surface area contributed by atoms with Crippen molar-refractivity contribution < 1.29 is 9.53 Å². The van der Waals surface area contributed by atoms with Crippen LogP contribution in [-0.4, -0.2) is 44.1 Å². The van der Waals surface area contributed by atoms with Crippen LogP contribution in [0.25, 0.3) is 0 Å². The molecule has 1 unspecified atom stereocenters. The monoisotopic (exact) mass is 354 g/mol. The molecule has 1 saturated heterocycles. The number of carbonyl (C=O) groups excluding carboxylic acids is 1. The van der Waals surface area contributed by atoms with Gasteiger partial charge in [0.1, 0.15) is 5.75 Å². The highest BCUT2D eigenvalue weighted by molar-refractivity contribution is 5.85. The number of piperidine rings is 1. The van der Waals surface area contributed by atoms with Crippen molar-refractivity contribution in [3.05, 3.63) is 29.8 Å². The topological polar surface area (TPSA) is 41.6 Å². The first kappa shape index (κ1) is 20.8. The molecule has 5 heteroatoms. The van der Waals surface area contributed by atoms with Gasteiger partial charge in [-0.3, -0.25) is 4.79 Å². The van der Waals surface area contributed by atoms with Crippen LogP contribution in [0.1, 0.15) is 32.3 Å². The molecule has 4 nitrogen and oxygen atoms in total. The van der Waals surface area contributed by atoms with Crippen LogP contribution in [-0.2, 0) is 11.2 Å². The maximum Gasteiger partial charge on any atom is 0.226 e. The summed E-state index contributed by atoms with van der Waals surface area (Å²) in [5, 5.41) is 3.22. The Bertz CT molecular complexity index is 489. The molecule has 0 aromatic heterocycles. The molecule has 1 fully saturated rings. The van der Waals surface area contributed by atoms with E-state index in [9.17, 15) is 4.79 Å². The Morgan fingerprint density at radius 1 is 1.33 bits per heavy atom. The lowest BCUT2D eigenvalue weighted by atomic mass is 9.97. The Hall–Kier alpha value is -1.26. The Balaban J connectivity index is 0.00000288. The molecule has 2 rings (SSSR count). The van der Waals surface area contributed by atoms with Gasteiger partial charge in [-0.05, 0) is 56.0 Å². The van der Waals surface area contributed by atoms with Gasteiger partial charge in [0.05, 0.1) is 13.0 Å². The molecule has 1 aromatic carbocycles. The van der Waals surface area contributed by atoms with Gasteiger partial charge in [0.25, 0.3) is 0 Å². The smallest absolute Gasteiger partial charge is 0.226 e. The largest absolute Gasteiger partial charge is 0.493 e. The molecule has 1 atom stereocenters. The van der Waals surface area contributed by atoms with Crippen LogP contribution in [0.5, 0.6) is 5.75 Å². The van der Waals surface area contributed by atoms with E-state index in [0.29, 0.717) is 18.3 Å². The second-order valence-electron chi connectivity index (χ2n) is 6.93. The molecule has 0 saturated carbocycles. The molecule has 0 aliphatic carbocycles. The van der Waals surface area contributed by atoms with Crippen LogP contribution in [0.2, 0.25) is 0 Å². The summed E-state index contributed by atoms with van der Waals surface area (Å²) in [5.41, 5.74) is 1.06. The number of carbonyl (C=O) groups is 1. The molecular weight excluding hydrogens is 324 g/mol. The molecule has 1 aliphatic rings. The minimum Gasteiger partial charge on any atom is -0.493 e. The van der Waals surface area contributed by atoms with Crippen molar-refractivity contribution in [3.8, 4) is 5.75 Å². The summed E-state index contributed by atoms with van der Waals surface area (Å²) in [6.07, 6.45) is 2.81. The Kier molecular flexibility index (Phi) is 9.16. The molecule has 0 spiro atoms. The third kappa shape index (κ3) is 6.70. The van der Waals surface area contributed by atoms with Gasteiger partial charge in [0, 0.05) is 13.1 Å². The van der Waals surface area contributed by atoms with E-state index in [1.165, 1.54) is 6.42 Å².